The van der Waals surface area contributed by atoms with E-state index in [0.717, 1.165) is 41.3 Å². The fourth-order valence-corrected chi connectivity index (χ4v) is 4.03. The molecule has 0 aliphatic heterocycles. The van der Waals surface area contributed by atoms with E-state index in [1.54, 1.807) is 30.2 Å². The molecule has 0 fully saturated rings. The minimum atomic E-state index is -0.101. The SMILES string of the molecule is Cc1[nH]cnc1CSCCNC(=O)c1ccc2nc(CCc3ccccc3)oc2c1. The van der Waals surface area contributed by atoms with Gasteiger partial charge in [-0.2, -0.15) is 11.8 Å². The molecule has 7 heteroatoms. The molecule has 2 aromatic carbocycles. The molecule has 0 atom stereocenters. The van der Waals surface area contributed by atoms with Gasteiger partial charge in [-0.05, 0) is 37.1 Å². The van der Waals surface area contributed by atoms with E-state index in [1.807, 2.05) is 31.2 Å². The second kappa shape index (κ2) is 9.63. The van der Waals surface area contributed by atoms with Gasteiger partial charge in [-0.3, -0.25) is 4.79 Å². The summed E-state index contributed by atoms with van der Waals surface area (Å²) in [5.41, 5.74) is 5.41. The van der Waals surface area contributed by atoms with E-state index < -0.39 is 0 Å². The Hall–Kier alpha value is -3.06. The Bertz CT molecular complexity index is 1120. The minimum absolute atomic E-state index is 0.101. The van der Waals surface area contributed by atoms with Gasteiger partial charge in [0.05, 0.1) is 12.0 Å². The summed E-state index contributed by atoms with van der Waals surface area (Å²) in [5.74, 6) is 2.25. The predicted molar refractivity (Wildman–Crippen MR) is 120 cm³/mol. The summed E-state index contributed by atoms with van der Waals surface area (Å²) in [6.07, 6.45) is 3.31. The number of hydrogen-bond acceptors (Lipinski definition) is 5. The number of carbonyl (C=O) groups excluding carboxylic acids is 1. The number of aromatic amines is 1. The Morgan fingerprint density at radius 1 is 1.17 bits per heavy atom. The third-order valence-corrected chi connectivity index (χ3v) is 5.84. The van der Waals surface area contributed by atoms with Crippen LogP contribution in [0.4, 0.5) is 0 Å². The van der Waals surface area contributed by atoms with Gasteiger partial charge < -0.3 is 14.7 Å². The lowest BCUT2D eigenvalue weighted by Crippen LogP contribution is -2.25. The standard InChI is InChI=1S/C23H24N4O2S/c1-16-20(26-15-25-16)14-30-12-11-24-23(28)18-8-9-19-21(13-18)29-22(27-19)10-7-17-5-3-2-4-6-17/h2-6,8-9,13,15H,7,10-12,14H2,1H3,(H,24,28)(H,25,26). The zero-order valence-electron chi connectivity index (χ0n) is 16.9. The van der Waals surface area contributed by atoms with Gasteiger partial charge in [-0.25, -0.2) is 9.97 Å². The van der Waals surface area contributed by atoms with Crippen molar-refractivity contribution in [2.45, 2.75) is 25.5 Å². The van der Waals surface area contributed by atoms with E-state index >= 15 is 0 Å². The normalized spacial score (nSPS) is 11.1. The first-order valence-electron chi connectivity index (χ1n) is 9.97. The molecule has 0 bridgehead atoms. The van der Waals surface area contributed by atoms with E-state index in [2.05, 4.69) is 32.4 Å². The van der Waals surface area contributed by atoms with Crippen molar-refractivity contribution >= 4 is 28.8 Å². The first kappa shape index (κ1) is 20.2. The van der Waals surface area contributed by atoms with Gasteiger partial charge >= 0.3 is 0 Å². The summed E-state index contributed by atoms with van der Waals surface area (Å²) in [5, 5.41) is 2.96. The van der Waals surface area contributed by atoms with Gasteiger partial charge in [0.1, 0.15) is 5.52 Å². The second-order valence-electron chi connectivity index (χ2n) is 7.06. The molecule has 0 spiro atoms. The van der Waals surface area contributed by atoms with Crippen molar-refractivity contribution in [2.75, 3.05) is 12.3 Å². The Balaban J connectivity index is 1.28. The van der Waals surface area contributed by atoms with Crippen molar-refractivity contribution in [1.29, 1.82) is 0 Å². The highest BCUT2D eigenvalue weighted by Gasteiger charge is 2.11. The van der Waals surface area contributed by atoms with Gasteiger partial charge in [0.2, 0.25) is 0 Å². The van der Waals surface area contributed by atoms with E-state index in [9.17, 15) is 4.79 Å². The molecule has 0 unspecified atom stereocenters. The van der Waals surface area contributed by atoms with Crippen LogP contribution in [0, 0.1) is 6.92 Å². The number of benzene rings is 2. The topological polar surface area (TPSA) is 83.8 Å². The number of aryl methyl sites for hydroxylation is 3. The summed E-state index contributed by atoms with van der Waals surface area (Å²) in [6.45, 7) is 2.61. The van der Waals surface area contributed by atoms with Crippen LogP contribution in [0.1, 0.15) is 33.2 Å². The van der Waals surface area contributed by atoms with Crippen molar-refractivity contribution in [3.05, 3.63) is 83.3 Å². The maximum atomic E-state index is 12.5. The van der Waals surface area contributed by atoms with Crippen LogP contribution < -0.4 is 5.32 Å². The molecule has 2 heterocycles. The highest BCUT2D eigenvalue weighted by Crippen LogP contribution is 2.19. The molecule has 4 aromatic rings. The fourth-order valence-electron chi connectivity index (χ4n) is 3.16. The number of carbonyl (C=O) groups is 1. The number of H-pyrrole nitrogens is 1. The van der Waals surface area contributed by atoms with E-state index in [0.29, 0.717) is 23.6 Å². The molecule has 0 aliphatic rings. The molecule has 2 N–H and O–H groups in total. The lowest BCUT2D eigenvalue weighted by molar-refractivity contribution is 0.0956. The van der Waals surface area contributed by atoms with Gasteiger partial charge in [0.25, 0.3) is 5.91 Å². The smallest absolute Gasteiger partial charge is 0.251 e. The van der Waals surface area contributed by atoms with Crippen LogP contribution in [0.15, 0.2) is 59.3 Å². The number of imidazole rings is 1. The van der Waals surface area contributed by atoms with Crippen LogP contribution in [0.5, 0.6) is 0 Å². The number of hydrogen-bond donors (Lipinski definition) is 2. The van der Waals surface area contributed by atoms with Gasteiger partial charge in [-0.15, -0.1) is 0 Å². The molecule has 6 nitrogen and oxygen atoms in total. The molecule has 0 saturated heterocycles. The van der Waals surface area contributed by atoms with Crippen molar-refractivity contribution in [1.82, 2.24) is 20.3 Å². The lowest BCUT2D eigenvalue weighted by Gasteiger charge is -2.05. The highest BCUT2D eigenvalue weighted by molar-refractivity contribution is 7.98. The van der Waals surface area contributed by atoms with E-state index in [-0.39, 0.29) is 5.91 Å². The van der Waals surface area contributed by atoms with Crippen LogP contribution >= 0.6 is 11.8 Å². The van der Waals surface area contributed by atoms with Crippen molar-refractivity contribution in [3.63, 3.8) is 0 Å². The summed E-state index contributed by atoms with van der Waals surface area (Å²) in [6, 6.07) is 15.7. The first-order valence-corrected chi connectivity index (χ1v) is 11.1. The summed E-state index contributed by atoms with van der Waals surface area (Å²) in [4.78, 5) is 24.3. The van der Waals surface area contributed by atoms with E-state index in [1.165, 1.54) is 5.56 Å². The average molecular weight is 421 g/mol. The Kier molecular flexibility index (Phi) is 6.49. The molecular weight excluding hydrogens is 396 g/mol. The molecule has 2 aromatic heterocycles. The molecule has 0 aliphatic carbocycles. The number of nitrogens with one attached hydrogen (secondary N) is 2. The predicted octanol–water partition coefficient (Wildman–Crippen LogP) is 4.31. The molecule has 1 amide bonds. The Morgan fingerprint density at radius 3 is 2.83 bits per heavy atom. The number of rotatable bonds is 9. The number of aromatic nitrogens is 3. The van der Waals surface area contributed by atoms with Crippen LogP contribution in [0.3, 0.4) is 0 Å². The maximum absolute atomic E-state index is 12.5. The number of thioether (sulfide) groups is 1. The molecule has 0 radical (unpaired) electrons. The number of fused-ring (bicyclic) bond motifs is 1. The zero-order valence-corrected chi connectivity index (χ0v) is 17.7. The monoisotopic (exact) mass is 420 g/mol. The van der Waals surface area contributed by atoms with E-state index in [4.69, 9.17) is 4.42 Å². The van der Waals surface area contributed by atoms with Crippen LogP contribution in [-0.4, -0.2) is 33.2 Å². The number of nitrogens with zero attached hydrogens (tertiary/aromatic N) is 2. The molecule has 30 heavy (non-hydrogen) atoms. The maximum Gasteiger partial charge on any atom is 0.251 e. The molecule has 4 rings (SSSR count). The number of oxazole rings is 1. The minimum Gasteiger partial charge on any atom is -0.441 e. The fraction of sp³-hybridized carbons (Fsp3) is 0.261. The summed E-state index contributed by atoms with van der Waals surface area (Å²) >= 11 is 1.75. The van der Waals surface area contributed by atoms with Crippen molar-refractivity contribution < 1.29 is 9.21 Å². The molecule has 154 valence electrons. The van der Waals surface area contributed by atoms with Crippen molar-refractivity contribution in [3.8, 4) is 0 Å². The largest absolute Gasteiger partial charge is 0.441 e. The molecular formula is C23H24N4O2S. The average Bonchev–Trinajstić information content (AvgIpc) is 3.37. The van der Waals surface area contributed by atoms with Gasteiger partial charge in [-0.1, -0.05) is 30.3 Å². The number of amides is 1. The zero-order chi connectivity index (χ0) is 20.8. The van der Waals surface area contributed by atoms with Crippen molar-refractivity contribution in [2.24, 2.45) is 0 Å². The van der Waals surface area contributed by atoms with Crippen LogP contribution in [0.2, 0.25) is 0 Å². The third-order valence-electron chi connectivity index (χ3n) is 4.87. The summed E-state index contributed by atoms with van der Waals surface area (Å²) < 4.78 is 5.87. The van der Waals surface area contributed by atoms with Gasteiger partial charge in [0, 0.05) is 35.7 Å². The Labute approximate surface area is 179 Å². The molecule has 0 saturated carbocycles. The van der Waals surface area contributed by atoms with Crippen LogP contribution in [-0.2, 0) is 18.6 Å². The first-order chi connectivity index (χ1) is 14.7. The third kappa shape index (κ3) is 5.10. The van der Waals surface area contributed by atoms with Crippen LogP contribution in [0.25, 0.3) is 11.1 Å². The summed E-state index contributed by atoms with van der Waals surface area (Å²) in [7, 11) is 0. The highest BCUT2D eigenvalue weighted by atomic mass is 32.2. The second-order valence-corrected chi connectivity index (χ2v) is 8.16. The quantitative estimate of drug-likeness (QED) is 0.394. The van der Waals surface area contributed by atoms with Gasteiger partial charge in [0.15, 0.2) is 11.5 Å². The lowest BCUT2D eigenvalue weighted by atomic mass is 10.1. The Morgan fingerprint density at radius 2 is 2.03 bits per heavy atom.